The highest BCUT2D eigenvalue weighted by molar-refractivity contribution is 5.91. The number of aryl methyl sites for hydroxylation is 1. The highest BCUT2D eigenvalue weighted by Crippen LogP contribution is 2.33. The summed E-state index contributed by atoms with van der Waals surface area (Å²) >= 11 is 0. The first-order chi connectivity index (χ1) is 12.7. The maximum absolute atomic E-state index is 12.7. The van der Waals surface area contributed by atoms with Crippen LogP contribution in [-0.2, 0) is 11.3 Å². The summed E-state index contributed by atoms with van der Waals surface area (Å²) in [5.74, 6) is 1.53. The van der Waals surface area contributed by atoms with Crippen molar-refractivity contribution in [1.29, 1.82) is 0 Å². The molecular formula is C22H25N3O. The van der Waals surface area contributed by atoms with Crippen LogP contribution in [0.5, 0.6) is 0 Å². The Bertz CT molecular complexity index is 922. The third-order valence-electron chi connectivity index (χ3n) is 5.26. The highest BCUT2D eigenvalue weighted by atomic mass is 16.1. The second-order valence-corrected chi connectivity index (χ2v) is 7.30. The van der Waals surface area contributed by atoms with Gasteiger partial charge in [-0.1, -0.05) is 43.5 Å². The molecule has 4 rings (SSSR count). The van der Waals surface area contributed by atoms with Crippen LogP contribution in [0.3, 0.4) is 0 Å². The molecule has 2 aromatic carbocycles. The van der Waals surface area contributed by atoms with Gasteiger partial charge >= 0.3 is 0 Å². The van der Waals surface area contributed by atoms with Gasteiger partial charge in [-0.15, -0.1) is 0 Å². The molecule has 4 heteroatoms. The summed E-state index contributed by atoms with van der Waals surface area (Å²) in [5, 5.41) is 3.03. The van der Waals surface area contributed by atoms with E-state index < -0.39 is 0 Å². The van der Waals surface area contributed by atoms with Gasteiger partial charge in [0.05, 0.1) is 11.0 Å². The first-order valence-electron chi connectivity index (χ1n) is 9.52. The summed E-state index contributed by atoms with van der Waals surface area (Å²) in [4.78, 5) is 17.6. The van der Waals surface area contributed by atoms with Crippen LogP contribution >= 0.6 is 0 Å². The van der Waals surface area contributed by atoms with E-state index in [0.717, 1.165) is 28.1 Å². The molecule has 134 valence electrons. The average Bonchev–Trinajstić information content (AvgIpc) is 3.01. The average molecular weight is 347 g/mol. The minimum atomic E-state index is -0.00388. The number of imidazole rings is 1. The van der Waals surface area contributed by atoms with E-state index in [1.165, 1.54) is 32.1 Å². The molecule has 3 aromatic rings. The van der Waals surface area contributed by atoms with Gasteiger partial charge in [0.25, 0.3) is 0 Å². The second kappa shape index (κ2) is 7.32. The highest BCUT2D eigenvalue weighted by Gasteiger charge is 2.23. The number of nitrogens with one attached hydrogen (secondary N) is 1. The van der Waals surface area contributed by atoms with Gasteiger partial charge in [0.15, 0.2) is 0 Å². The van der Waals surface area contributed by atoms with E-state index in [9.17, 15) is 4.79 Å². The van der Waals surface area contributed by atoms with Crippen LogP contribution in [0.1, 0.15) is 49.4 Å². The molecule has 4 nitrogen and oxygen atoms in total. The van der Waals surface area contributed by atoms with E-state index in [1.54, 1.807) is 0 Å². The molecule has 0 unspecified atom stereocenters. The normalized spacial score (nSPS) is 15.3. The SMILES string of the molecule is Cc1cccc(NC(=O)Cn2c(C3CCCCC3)nc3ccccc32)c1. The third kappa shape index (κ3) is 3.50. The summed E-state index contributed by atoms with van der Waals surface area (Å²) in [5.41, 5.74) is 4.02. The maximum Gasteiger partial charge on any atom is 0.244 e. The van der Waals surface area contributed by atoms with E-state index in [-0.39, 0.29) is 5.91 Å². The van der Waals surface area contributed by atoms with Gasteiger partial charge < -0.3 is 9.88 Å². The third-order valence-corrected chi connectivity index (χ3v) is 5.26. The van der Waals surface area contributed by atoms with E-state index in [2.05, 4.69) is 16.0 Å². The lowest BCUT2D eigenvalue weighted by atomic mass is 9.88. The molecule has 1 aliphatic rings. The molecule has 1 aliphatic carbocycles. The molecule has 1 N–H and O–H groups in total. The van der Waals surface area contributed by atoms with Crippen molar-refractivity contribution in [3.8, 4) is 0 Å². The number of rotatable bonds is 4. The first-order valence-corrected chi connectivity index (χ1v) is 9.52. The molecule has 1 aromatic heterocycles. The van der Waals surface area contributed by atoms with Crippen molar-refractivity contribution in [2.45, 2.75) is 51.5 Å². The number of nitrogens with zero attached hydrogens (tertiary/aromatic N) is 2. The number of fused-ring (bicyclic) bond motifs is 1. The van der Waals surface area contributed by atoms with Crippen molar-refractivity contribution in [1.82, 2.24) is 9.55 Å². The minimum Gasteiger partial charge on any atom is -0.325 e. The molecule has 0 radical (unpaired) electrons. The van der Waals surface area contributed by atoms with E-state index >= 15 is 0 Å². The van der Waals surface area contributed by atoms with Gasteiger partial charge in [-0.3, -0.25) is 4.79 Å². The number of anilines is 1. The van der Waals surface area contributed by atoms with Crippen LogP contribution in [0, 0.1) is 6.92 Å². The first kappa shape index (κ1) is 16.8. The maximum atomic E-state index is 12.7. The van der Waals surface area contributed by atoms with Gasteiger partial charge in [0.2, 0.25) is 5.91 Å². The monoisotopic (exact) mass is 347 g/mol. The van der Waals surface area contributed by atoms with Crippen molar-refractivity contribution in [3.05, 3.63) is 59.9 Å². The standard InChI is InChI=1S/C22H25N3O/c1-16-8-7-11-18(14-16)23-21(26)15-25-20-13-6-5-12-19(20)24-22(25)17-9-3-2-4-10-17/h5-8,11-14,17H,2-4,9-10,15H2,1H3,(H,23,26). The number of hydrogen-bond acceptors (Lipinski definition) is 2. The Morgan fingerprint density at radius 3 is 2.73 bits per heavy atom. The van der Waals surface area contributed by atoms with Crippen molar-refractivity contribution in [2.24, 2.45) is 0 Å². The van der Waals surface area contributed by atoms with Gasteiger partial charge in [-0.25, -0.2) is 4.98 Å². The van der Waals surface area contributed by atoms with Crippen LogP contribution in [0.4, 0.5) is 5.69 Å². The Kier molecular flexibility index (Phi) is 4.74. The molecule has 0 spiro atoms. The molecular weight excluding hydrogens is 322 g/mol. The lowest BCUT2D eigenvalue weighted by molar-refractivity contribution is -0.116. The quantitative estimate of drug-likeness (QED) is 0.719. The summed E-state index contributed by atoms with van der Waals surface area (Å²) in [7, 11) is 0. The molecule has 0 bridgehead atoms. The number of carbonyl (C=O) groups excluding carboxylic acids is 1. The minimum absolute atomic E-state index is 0.00388. The van der Waals surface area contributed by atoms with E-state index in [1.807, 2.05) is 49.4 Å². The van der Waals surface area contributed by atoms with Crippen molar-refractivity contribution < 1.29 is 4.79 Å². The molecule has 1 saturated carbocycles. The molecule has 0 aliphatic heterocycles. The molecule has 1 fully saturated rings. The van der Waals surface area contributed by atoms with Crippen LogP contribution in [-0.4, -0.2) is 15.5 Å². The fourth-order valence-corrected chi connectivity index (χ4v) is 4.00. The predicted octanol–water partition coefficient (Wildman–Crippen LogP) is 5.03. The number of hydrogen-bond donors (Lipinski definition) is 1. The molecule has 1 amide bonds. The summed E-state index contributed by atoms with van der Waals surface area (Å²) in [6.07, 6.45) is 6.16. The zero-order valence-corrected chi connectivity index (χ0v) is 15.2. The Hall–Kier alpha value is -2.62. The summed E-state index contributed by atoms with van der Waals surface area (Å²) < 4.78 is 2.12. The lowest BCUT2D eigenvalue weighted by Crippen LogP contribution is -2.22. The van der Waals surface area contributed by atoms with Crippen molar-refractivity contribution in [3.63, 3.8) is 0 Å². The van der Waals surface area contributed by atoms with Gasteiger partial charge in [0, 0.05) is 11.6 Å². The number of carbonyl (C=O) groups is 1. The summed E-state index contributed by atoms with van der Waals surface area (Å²) in [6, 6.07) is 16.0. The fraction of sp³-hybridized carbons (Fsp3) is 0.364. The van der Waals surface area contributed by atoms with E-state index in [0.29, 0.717) is 12.5 Å². The van der Waals surface area contributed by atoms with Crippen LogP contribution in [0.2, 0.25) is 0 Å². The van der Waals surface area contributed by atoms with Gasteiger partial charge in [-0.05, 0) is 49.6 Å². The zero-order valence-electron chi connectivity index (χ0n) is 15.2. The number of para-hydroxylation sites is 2. The smallest absolute Gasteiger partial charge is 0.244 e. The largest absolute Gasteiger partial charge is 0.325 e. The molecule has 1 heterocycles. The number of amides is 1. The Morgan fingerprint density at radius 2 is 1.92 bits per heavy atom. The number of benzene rings is 2. The predicted molar refractivity (Wildman–Crippen MR) is 105 cm³/mol. The Morgan fingerprint density at radius 1 is 1.12 bits per heavy atom. The fourth-order valence-electron chi connectivity index (χ4n) is 4.00. The Labute approximate surface area is 154 Å². The molecule has 26 heavy (non-hydrogen) atoms. The Balaban J connectivity index is 1.62. The zero-order chi connectivity index (χ0) is 17.9. The number of aromatic nitrogens is 2. The van der Waals surface area contributed by atoms with Crippen molar-refractivity contribution in [2.75, 3.05) is 5.32 Å². The molecule has 0 atom stereocenters. The van der Waals surface area contributed by atoms with Crippen LogP contribution in [0.25, 0.3) is 11.0 Å². The van der Waals surface area contributed by atoms with Crippen LogP contribution < -0.4 is 5.32 Å². The van der Waals surface area contributed by atoms with Crippen LogP contribution in [0.15, 0.2) is 48.5 Å². The molecule has 0 saturated heterocycles. The van der Waals surface area contributed by atoms with E-state index in [4.69, 9.17) is 4.98 Å². The second-order valence-electron chi connectivity index (χ2n) is 7.30. The van der Waals surface area contributed by atoms with Gasteiger partial charge in [-0.2, -0.15) is 0 Å². The van der Waals surface area contributed by atoms with Gasteiger partial charge in [0.1, 0.15) is 12.4 Å². The topological polar surface area (TPSA) is 46.9 Å². The summed E-state index contributed by atoms with van der Waals surface area (Å²) in [6.45, 7) is 2.33. The lowest BCUT2D eigenvalue weighted by Gasteiger charge is -2.22. The van der Waals surface area contributed by atoms with Crippen molar-refractivity contribution >= 4 is 22.6 Å².